The van der Waals surface area contributed by atoms with E-state index >= 15 is 0 Å². The molecule has 3 rings (SSSR count). The Bertz CT molecular complexity index is 868. The van der Waals surface area contributed by atoms with Crippen molar-refractivity contribution in [3.05, 3.63) is 77.2 Å². The van der Waals surface area contributed by atoms with Gasteiger partial charge >= 0.3 is 5.97 Å². The highest BCUT2D eigenvalue weighted by atomic mass is 19.1. The van der Waals surface area contributed by atoms with E-state index in [4.69, 9.17) is 4.74 Å². The van der Waals surface area contributed by atoms with Gasteiger partial charge in [-0.05, 0) is 49.7 Å². The fourth-order valence-electron chi connectivity index (χ4n) is 2.53. The first-order valence-electron chi connectivity index (χ1n) is 8.13. The van der Waals surface area contributed by atoms with Crippen molar-refractivity contribution in [2.45, 2.75) is 20.4 Å². The lowest BCUT2D eigenvalue weighted by Gasteiger charge is -2.07. The highest BCUT2D eigenvalue weighted by Gasteiger charge is 2.17. The second-order valence-corrected chi connectivity index (χ2v) is 5.79. The Morgan fingerprint density at radius 1 is 1.12 bits per heavy atom. The third kappa shape index (κ3) is 3.94. The van der Waals surface area contributed by atoms with Gasteiger partial charge in [0.2, 0.25) is 0 Å². The number of esters is 1. The fourth-order valence-corrected chi connectivity index (χ4v) is 2.53. The third-order valence-electron chi connectivity index (χ3n) is 3.86. The fraction of sp³-hybridized carbons (Fsp3) is 0.200. The number of nitrogens with zero attached hydrogens (tertiary/aromatic N) is 2. The maximum atomic E-state index is 13.1. The number of carbonyl (C=O) groups excluding carboxylic acids is 1. The molecule has 4 nitrogen and oxygen atoms in total. The van der Waals surface area contributed by atoms with Crippen molar-refractivity contribution in [2.75, 3.05) is 6.61 Å². The normalized spacial score (nSPS) is 10.7. The van der Waals surface area contributed by atoms with E-state index in [1.54, 1.807) is 29.8 Å². The Balaban J connectivity index is 1.97. The summed E-state index contributed by atoms with van der Waals surface area (Å²) in [5, 5.41) is 4.52. The molecule has 0 aliphatic carbocycles. The standard InChI is InChI=1S/C20H19FN2O2/c1-3-25-20(24)19-12-18(16-8-10-17(21)11-9-16)22-23(19)13-15-6-4-14(2)5-7-15/h4-12H,3,13H2,1-2H3. The first-order chi connectivity index (χ1) is 12.1. The van der Waals surface area contributed by atoms with Gasteiger partial charge in [-0.25, -0.2) is 9.18 Å². The largest absolute Gasteiger partial charge is 0.461 e. The zero-order chi connectivity index (χ0) is 17.8. The van der Waals surface area contributed by atoms with Crippen LogP contribution in [-0.4, -0.2) is 22.4 Å². The maximum absolute atomic E-state index is 13.1. The van der Waals surface area contributed by atoms with Gasteiger partial charge in [-0.2, -0.15) is 5.10 Å². The first-order valence-corrected chi connectivity index (χ1v) is 8.13. The number of aromatic nitrogens is 2. The number of rotatable bonds is 5. The minimum absolute atomic E-state index is 0.292. The molecule has 128 valence electrons. The van der Waals surface area contributed by atoms with Crippen molar-refractivity contribution < 1.29 is 13.9 Å². The zero-order valence-electron chi connectivity index (χ0n) is 14.2. The van der Waals surface area contributed by atoms with Crippen LogP contribution in [0.3, 0.4) is 0 Å². The molecule has 0 saturated heterocycles. The molecule has 2 aromatic carbocycles. The summed E-state index contributed by atoms with van der Waals surface area (Å²) in [4.78, 5) is 12.3. The molecule has 0 aliphatic heterocycles. The number of carbonyl (C=O) groups is 1. The van der Waals surface area contributed by atoms with Gasteiger partial charge < -0.3 is 4.74 Å². The van der Waals surface area contributed by atoms with Crippen molar-refractivity contribution in [1.82, 2.24) is 9.78 Å². The van der Waals surface area contributed by atoms with E-state index in [1.165, 1.54) is 17.7 Å². The van der Waals surface area contributed by atoms with Crippen LogP contribution < -0.4 is 0 Å². The number of hydrogen-bond donors (Lipinski definition) is 0. The van der Waals surface area contributed by atoms with Crippen LogP contribution in [0, 0.1) is 12.7 Å². The second-order valence-electron chi connectivity index (χ2n) is 5.79. The van der Waals surface area contributed by atoms with Gasteiger partial charge in [0.1, 0.15) is 11.5 Å². The molecule has 0 radical (unpaired) electrons. The van der Waals surface area contributed by atoms with Crippen molar-refractivity contribution >= 4 is 5.97 Å². The number of ether oxygens (including phenoxy) is 1. The maximum Gasteiger partial charge on any atom is 0.356 e. The first kappa shape index (κ1) is 16.9. The second kappa shape index (κ2) is 7.30. The predicted molar refractivity (Wildman–Crippen MR) is 93.9 cm³/mol. The summed E-state index contributed by atoms with van der Waals surface area (Å²) in [5.41, 5.74) is 3.93. The monoisotopic (exact) mass is 338 g/mol. The average molecular weight is 338 g/mol. The number of halogens is 1. The summed E-state index contributed by atoms with van der Waals surface area (Å²) in [6.07, 6.45) is 0. The average Bonchev–Trinajstić information content (AvgIpc) is 3.02. The molecule has 0 amide bonds. The molecule has 3 aromatic rings. The lowest BCUT2D eigenvalue weighted by Crippen LogP contribution is -2.14. The van der Waals surface area contributed by atoms with Gasteiger partial charge in [0.15, 0.2) is 0 Å². The Labute approximate surface area is 145 Å². The highest BCUT2D eigenvalue weighted by Crippen LogP contribution is 2.21. The molecular weight excluding hydrogens is 319 g/mol. The van der Waals surface area contributed by atoms with Crippen LogP contribution in [0.5, 0.6) is 0 Å². The van der Waals surface area contributed by atoms with Crippen LogP contribution in [0.25, 0.3) is 11.3 Å². The van der Waals surface area contributed by atoms with E-state index in [0.717, 1.165) is 11.1 Å². The van der Waals surface area contributed by atoms with Crippen LogP contribution in [0.2, 0.25) is 0 Å². The minimum atomic E-state index is -0.421. The molecule has 0 spiro atoms. The summed E-state index contributed by atoms with van der Waals surface area (Å²) in [6.45, 7) is 4.53. The molecule has 25 heavy (non-hydrogen) atoms. The van der Waals surface area contributed by atoms with Gasteiger partial charge in [-0.3, -0.25) is 4.68 Å². The molecule has 5 heteroatoms. The molecule has 0 fully saturated rings. The van der Waals surface area contributed by atoms with Crippen LogP contribution >= 0.6 is 0 Å². The molecule has 0 N–H and O–H groups in total. The van der Waals surface area contributed by atoms with E-state index in [1.807, 2.05) is 31.2 Å². The van der Waals surface area contributed by atoms with Crippen LogP contribution in [-0.2, 0) is 11.3 Å². The molecule has 0 bridgehead atoms. The van der Waals surface area contributed by atoms with Gasteiger partial charge in [0.05, 0.1) is 18.8 Å². The smallest absolute Gasteiger partial charge is 0.356 e. The van der Waals surface area contributed by atoms with Gasteiger partial charge in [-0.15, -0.1) is 0 Å². The summed E-state index contributed by atoms with van der Waals surface area (Å²) in [5.74, 6) is -0.732. The molecule has 1 heterocycles. The topological polar surface area (TPSA) is 44.1 Å². The van der Waals surface area contributed by atoms with Gasteiger partial charge in [-0.1, -0.05) is 29.8 Å². The lowest BCUT2D eigenvalue weighted by molar-refractivity contribution is 0.0512. The molecule has 0 saturated carbocycles. The molecule has 0 unspecified atom stereocenters. The summed E-state index contributed by atoms with van der Waals surface area (Å²) >= 11 is 0. The number of hydrogen-bond acceptors (Lipinski definition) is 3. The quantitative estimate of drug-likeness (QED) is 0.654. The zero-order valence-corrected chi connectivity index (χ0v) is 14.2. The SMILES string of the molecule is CCOC(=O)c1cc(-c2ccc(F)cc2)nn1Cc1ccc(C)cc1. The predicted octanol–water partition coefficient (Wildman–Crippen LogP) is 4.22. The number of benzene rings is 2. The summed E-state index contributed by atoms with van der Waals surface area (Å²) in [7, 11) is 0. The third-order valence-corrected chi connectivity index (χ3v) is 3.86. The van der Waals surface area contributed by atoms with E-state index in [2.05, 4.69) is 5.10 Å². The van der Waals surface area contributed by atoms with E-state index in [-0.39, 0.29) is 5.82 Å². The minimum Gasteiger partial charge on any atom is -0.461 e. The van der Waals surface area contributed by atoms with Crippen molar-refractivity contribution in [3.8, 4) is 11.3 Å². The van der Waals surface area contributed by atoms with Crippen LogP contribution in [0.15, 0.2) is 54.6 Å². The molecular formula is C20H19FN2O2. The number of aryl methyl sites for hydroxylation is 1. The molecule has 0 atom stereocenters. The highest BCUT2D eigenvalue weighted by molar-refractivity contribution is 5.89. The molecule has 0 aliphatic rings. The summed E-state index contributed by atoms with van der Waals surface area (Å²) in [6, 6.07) is 15.8. The van der Waals surface area contributed by atoms with E-state index in [9.17, 15) is 9.18 Å². The Morgan fingerprint density at radius 3 is 2.44 bits per heavy atom. The molecule has 1 aromatic heterocycles. The Morgan fingerprint density at radius 2 is 1.80 bits per heavy atom. The Kier molecular flexibility index (Phi) is 4.93. The lowest BCUT2D eigenvalue weighted by atomic mass is 10.1. The van der Waals surface area contributed by atoms with Crippen molar-refractivity contribution in [3.63, 3.8) is 0 Å². The van der Waals surface area contributed by atoms with Crippen LogP contribution in [0.4, 0.5) is 4.39 Å². The van der Waals surface area contributed by atoms with Gasteiger partial charge in [0, 0.05) is 5.56 Å². The Hall–Kier alpha value is -2.95. The van der Waals surface area contributed by atoms with E-state index < -0.39 is 5.97 Å². The van der Waals surface area contributed by atoms with E-state index in [0.29, 0.717) is 24.5 Å². The van der Waals surface area contributed by atoms with Gasteiger partial charge in [0.25, 0.3) is 0 Å². The summed E-state index contributed by atoms with van der Waals surface area (Å²) < 4.78 is 19.9. The van der Waals surface area contributed by atoms with Crippen molar-refractivity contribution in [1.29, 1.82) is 0 Å². The van der Waals surface area contributed by atoms with Crippen molar-refractivity contribution in [2.24, 2.45) is 0 Å². The van der Waals surface area contributed by atoms with Crippen LogP contribution in [0.1, 0.15) is 28.5 Å².